The summed E-state index contributed by atoms with van der Waals surface area (Å²) in [4.78, 5) is 51.9. The van der Waals surface area contributed by atoms with Crippen LogP contribution in [0.3, 0.4) is 0 Å². The van der Waals surface area contributed by atoms with E-state index in [0.717, 1.165) is 27.9 Å². The molecule has 0 unspecified atom stereocenters. The van der Waals surface area contributed by atoms with Crippen LogP contribution in [0.2, 0.25) is 0 Å². The fraction of sp³-hybridized carbons (Fsp3) is 0.318. The number of H-pyrrole nitrogens is 1. The molecule has 0 bridgehead atoms. The van der Waals surface area contributed by atoms with Gasteiger partial charge in [0.05, 0.1) is 36.6 Å². The smallest absolute Gasteiger partial charge is 0.408 e. The first-order valence-corrected chi connectivity index (χ1v) is 21.1. The summed E-state index contributed by atoms with van der Waals surface area (Å²) in [5, 5.41) is 5.74. The Morgan fingerprint density at radius 2 is 1.50 bits per heavy atom. The van der Waals surface area contributed by atoms with Crippen LogP contribution in [0.15, 0.2) is 109 Å². The summed E-state index contributed by atoms with van der Waals surface area (Å²) in [6.07, 6.45) is 1.05. The van der Waals surface area contributed by atoms with Crippen LogP contribution in [0.1, 0.15) is 60.2 Å². The van der Waals surface area contributed by atoms with Crippen LogP contribution in [0.4, 0.5) is 10.5 Å². The number of benzene rings is 4. The molecule has 3 N–H and O–H groups in total. The van der Waals surface area contributed by atoms with Crippen molar-refractivity contribution in [1.29, 1.82) is 0 Å². The molecule has 2 aliphatic heterocycles. The maximum absolute atomic E-state index is 14.2. The number of carbonyl (C=O) groups excluding carboxylic acids is 3. The Bertz CT molecular complexity index is 2310. The highest BCUT2D eigenvalue weighted by Gasteiger charge is 2.37. The molecule has 58 heavy (non-hydrogen) atoms. The van der Waals surface area contributed by atoms with Crippen LogP contribution in [0, 0.1) is 0 Å². The molecule has 0 aliphatic carbocycles. The van der Waals surface area contributed by atoms with E-state index in [9.17, 15) is 22.8 Å². The number of hydrogen-bond donors (Lipinski definition) is 3. The minimum Gasteiger partial charge on any atom is -0.444 e. The predicted octanol–water partition coefficient (Wildman–Crippen LogP) is 6.39. The van der Waals surface area contributed by atoms with E-state index in [4.69, 9.17) is 9.47 Å². The van der Waals surface area contributed by atoms with Crippen molar-refractivity contribution < 1.29 is 32.3 Å². The van der Waals surface area contributed by atoms with Crippen molar-refractivity contribution in [2.45, 2.75) is 45.0 Å². The van der Waals surface area contributed by atoms with Crippen LogP contribution in [0.25, 0.3) is 22.4 Å². The van der Waals surface area contributed by atoms with Crippen LogP contribution >= 0.6 is 0 Å². The lowest BCUT2D eigenvalue weighted by Gasteiger charge is -2.37. The summed E-state index contributed by atoms with van der Waals surface area (Å²) in [6.45, 7) is 7.95. The van der Waals surface area contributed by atoms with Crippen LogP contribution < -0.4 is 10.6 Å². The number of sulfone groups is 1. The van der Waals surface area contributed by atoms with Crippen LogP contribution in [-0.4, -0.2) is 96.0 Å². The Morgan fingerprint density at radius 3 is 2.16 bits per heavy atom. The molecule has 3 heterocycles. The van der Waals surface area contributed by atoms with Crippen molar-refractivity contribution in [2.75, 3.05) is 49.7 Å². The van der Waals surface area contributed by atoms with E-state index >= 15 is 0 Å². The molecule has 2 aliphatic rings. The zero-order chi connectivity index (χ0) is 40.9. The quantitative estimate of drug-likeness (QED) is 0.145. The van der Waals surface area contributed by atoms with E-state index < -0.39 is 33.6 Å². The summed E-state index contributed by atoms with van der Waals surface area (Å²) in [6, 6.07) is 30.6. The third-order valence-corrected chi connectivity index (χ3v) is 11.7. The van der Waals surface area contributed by atoms with Gasteiger partial charge in [-0.15, -0.1) is 0 Å². The Kier molecular flexibility index (Phi) is 12.1. The fourth-order valence-corrected chi connectivity index (χ4v) is 8.27. The maximum Gasteiger partial charge on any atom is 0.408 e. The monoisotopic (exact) mass is 804 g/mol. The standard InChI is InChI=1S/C44H48N6O7S/c1-44(2,3)57-43(53)48-39(34-7-5-4-6-8-34)42(52)50-21-24-56-29-38(50)40-45-27-37(47-40)33-15-11-31(12-16-33)32-13-17-35(18-14-32)41(51)46-36-19-9-30(10-20-36)28-49-22-25-58(54,55)26-23-49/h4-20,27,38-39H,21-26,28-29H2,1-3H3,(H,45,47)(H,46,51)(H,48,53)/t38-,39+/m1/s1. The highest BCUT2D eigenvalue weighted by atomic mass is 32.2. The average molecular weight is 805 g/mol. The Hall–Kier alpha value is -5.83. The molecule has 3 amide bonds. The summed E-state index contributed by atoms with van der Waals surface area (Å²) in [5.74, 6) is 0.436. The summed E-state index contributed by atoms with van der Waals surface area (Å²) in [5.41, 5.74) is 5.76. The van der Waals surface area contributed by atoms with Gasteiger partial charge in [0.1, 0.15) is 23.5 Å². The van der Waals surface area contributed by atoms with Gasteiger partial charge in [-0.3, -0.25) is 14.5 Å². The lowest BCUT2D eigenvalue weighted by atomic mass is 10.0. The molecule has 13 nitrogen and oxygen atoms in total. The van der Waals surface area contributed by atoms with E-state index in [2.05, 4.69) is 25.5 Å². The van der Waals surface area contributed by atoms with Gasteiger partial charge in [-0.2, -0.15) is 0 Å². The van der Waals surface area contributed by atoms with Crippen molar-refractivity contribution in [3.05, 3.63) is 132 Å². The molecule has 2 fully saturated rings. The zero-order valence-electron chi connectivity index (χ0n) is 32.8. The second-order valence-electron chi connectivity index (χ2n) is 15.5. The van der Waals surface area contributed by atoms with E-state index in [-0.39, 0.29) is 29.9 Å². The van der Waals surface area contributed by atoms with Gasteiger partial charge in [0, 0.05) is 37.4 Å². The molecule has 1 aromatic heterocycles. The molecule has 14 heteroatoms. The van der Waals surface area contributed by atoms with Crippen LogP contribution in [0.5, 0.6) is 0 Å². The number of aromatic nitrogens is 2. The predicted molar refractivity (Wildman–Crippen MR) is 222 cm³/mol. The molecular weight excluding hydrogens is 757 g/mol. The molecule has 0 radical (unpaired) electrons. The molecular formula is C44H48N6O7S. The van der Waals surface area contributed by atoms with Gasteiger partial charge in [0.25, 0.3) is 11.8 Å². The van der Waals surface area contributed by atoms with Gasteiger partial charge in [-0.1, -0.05) is 78.9 Å². The molecule has 0 spiro atoms. The van der Waals surface area contributed by atoms with Gasteiger partial charge < -0.3 is 30.0 Å². The number of hydrogen-bond acceptors (Lipinski definition) is 9. The van der Waals surface area contributed by atoms with Crippen molar-refractivity contribution in [3.8, 4) is 22.4 Å². The second-order valence-corrected chi connectivity index (χ2v) is 17.8. The van der Waals surface area contributed by atoms with Crippen molar-refractivity contribution in [3.63, 3.8) is 0 Å². The Balaban J connectivity index is 0.976. The third kappa shape index (κ3) is 10.2. The zero-order valence-corrected chi connectivity index (χ0v) is 33.6. The number of alkyl carbamates (subject to hydrolysis) is 1. The highest BCUT2D eigenvalue weighted by Crippen LogP contribution is 2.30. The number of morpholine rings is 1. The second kappa shape index (κ2) is 17.3. The topological polar surface area (TPSA) is 163 Å². The van der Waals surface area contributed by atoms with E-state index in [1.165, 1.54) is 0 Å². The fourth-order valence-electron chi connectivity index (χ4n) is 6.99. The van der Waals surface area contributed by atoms with Gasteiger partial charge in [-0.25, -0.2) is 18.2 Å². The minimum absolute atomic E-state index is 0.190. The normalized spacial score (nSPS) is 17.6. The first-order valence-electron chi connectivity index (χ1n) is 19.3. The van der Waals surface area contributed by atoms with E-state index in [0.29, 0.717) is 55.4 Å². The van der Waals surface area contributed by atoms with Gasteiger partial charge in [0.2, 0.25) is 0 Å². The van der Waals surface area contributed by atoms with E-state index in [1.807, 2.05) is 78.9 Å². The molecule has 2 atom stereocenters. The molecule has 4 aromatic carbocycles. The Morgan fingerprint density at radius 1 is 0.862 bits per heavy atom. The van der Waals surface area contributed by atoms with Crippen molar-refractivity contribution >= 4 is 33.4 Å². The molecule has 5 aromatic rings. The van der Waals surface area contributed by atoms with Crippen molar-refractivity contribution in [1.82, 2.24) is 25.1 Å². The summed E-state index contributed by atoms with van der Waals surface area (Å²) in [7, 11) is -2.92. The number of nitrogens with zero attached hydrogens (tertiary/aromatic N) is 3. The number of nitrogens with one attached hydrogen (secondary N) is 3. The number of anilines is 1. The highest BCUT2D eigenvalue weighted by molar-refractivity contribution is 7.91. The Labute approximate surface area is 338 Å². The van der Waals surface area contributed by atoms with Gasteiger partial charge in [0.15, 0.2) is 9.84 Å². The van der Waals surface area contributed by atoms with E-state index in [1.54, 1.807) is 56.1 Å². The minimum atomic E-state index is -2.92. The SMILES string of the molecule is CC(C)(C)OC(=O)N[C@H](C(=O)N1CCOC[C@@H]1c1ncc(-c2ccc(-c3ccc(C(=O)Nc4ccc(CN5CCS(=O)(=O)CC5)cc4)cc3)cc2)[nH]1)c1ccccc1. The number of amides is 3. The summed E-state index contributed by atoms with van der Waals surface area (Å²) >= 11 is 0. The molecule has 302 valence electrons. The average Bonchev–Trinajstić information content (AvgIpc) is 3.71. The number of aromatic amines is 1. The number of ether oxygens (including phenoxy) is 2. The lowest BCUT2D eigenvalue weighted by Crippen LogP contribution is -2.49. The molecule has 2 saturated heterocycles. The molecule has 7 rings (SSSR count). The number of rotatable bonds is 10. The molecule has 0 saturated carbocycles. The first kappa shape index (κ1) is 40.4. The first-order chi connectivity index (χ1) is 27.8. The van der Waals surface area contributed by atoms with Crippen LogP contribution in [-0.2, 0) is 30.7 Å². The lowest BCUT2D eigenvalue weighted by molar-refractivity contribution is -0.143. The number of imidazole rings is 1. The largest absolute Gasteiger partial charge is 0.444 e. The third-order valence-electron chi connectivity index (χ3n) is 10.1. The summed E-state index contributed by atoms with van der Waals surface area (Å²) < 4.78 is 34.7. The van der Waals surface area contributed by atoms with Gasteiger partial charge >= 0.3 is 6.09 Å². The number of carbonyl (C=O) groups is 3. The maximum atomic E-state index is 14.2. The van der Waals surface area contributed by atoms with Gasteiger partial charge in [-0.05, 0) is 72.9 Å². The van der Waals surface area contributed by atoms with Crippen molar-refractivity contribution in [2.24, 2.45) is 0 Å².